The van der Waals surface area contributed by atoms with Gasteiger partial charge in [-0.05, 0) is 63.1 Å². The number of rotatable bonds is 6. The largest absolute Gasteiger partial charge is 0.302 e. The number of amides is 2. The zero-order valence-electron chi connectivity index (χ0n) is 16.0. The summed E-state index contributed by atoms with van der Waals surface area (Å²) in [6.45, 7) is 3.96. The molecule has 0 bridgehead atoms. The average Bonchev–Trinajstić information content (AvgIpc) is 2.72. The maximum absolute atomic E-state index is 12.1. The second-order valence-corrected chi connectivity index (χ2v) is 6.77. The molecule has 2 aromatic rings. The summed E-state index contributed by atoms with van der Waals surface area (Å²) in [6.07, 6.45) is 5.18. The van der Waals surface area contributed by atoms with Crippen LogP contribution >= 0.6 is 0 Å². The molecule has 0 saturated carbocycles. The molecule has 144 valence electrons. The third-order valence-corrected chi connectivity index (χ3v) is 4.45. The molecule has 0 aliphatic heterocycles. The van der Waals surface area contributed by atoms with Crippen molar-refractivity contribution in [3.8, 4) is 0 Å². The average molecular weight is 376 g/mol. The second-order valence-electron chi connectivity index (χ2n) is 6.77. The molecule has 6 nitrogen and oxygen atoms in total. The first kappa shape index (κ1) is 19.2. The van der Waals surface area contributed by atoms with Crippen LogP contribution in [0.1, 0.15) is 44.7 Å². The molecule has 0 saturated heterocycles. The van der Waals surface area contributed by atoms with Gasteiger partial charge in [0.05, 0.1) is 0 Å². The number of hydrogen-bond acceptors (Lipinski definition) is 4. The lowest BCUT2D eigenvalue weighted by Gasteiger charge is -2.18. The van der Waals surface area contributed by atoms with Crippen LogP contribution in [0.15, 0.2) is 72.1 Å². The molecular formula is C22H24N4O2. The standard InChI is InChI=1S/C22H24N4O2/c1-15-3-7-17(8-4-15)21(27)25-23-19-11-13-20(14-12-19)24-26-22(28)18-9-5-16(2)6-10-18/h3-11,13,23-24H,12,14H2,1-2H3,(H,25,27)(H,26,28). The first-order chi connectivity index (χ1) is 13.5. The van der Waals surface area contributed by atoms with Gasteiger partial charge in [0.15, 0.2) is 0 Å². The Morgan fingerprint density at radius 1 is 0.643 bits per heavy atom. The summed E-state index contributed by atoms with van der Waals surface area (Å²) >= 11 is 0. The maximum atomic E-state index is 12.1. The smallest absolute Gasteiger partial charge is 0.269 e. The van der Waals surface area contributed by atoms with Crippen LogP contribution in [0.4, 0.5) is 0 Å². The lowest BCUT2D eigenvalue weighted by atomic mass is 10.1. The molecule has 0 fully saturated rings. The van der Waals surface area contributed by atoms with E-state index in [0.717, 1.165) is 22.5 Å². The number of carbonyl (C=O) groups is 2. The van der Waals surface area contributed by atoms with Crippen molar-refractivity contribution in [3.63, 3.8) is 0 Å². The highest BCUT2D eigenvalue weighted by Crippen LogP contribution is 2.13. The summed E-state index contributed by atoms with van der Waals surface area (Å²) < 4.78 is 0. The van der Waals surface area contributed by atoms with Crippen LogP contribution in [0.5, 0.6) is 0 Å². The molecule has 4 N–H and O–H groups in total. The van der Waals surface area contributed by atoms with Crippen molar-refractivity contribution in [2.75, 3.05) is 0 Å². The summed E-state index contributed by atoms with van der Waals surface area (Å²) in [4.78, 5) is 24.2. The van der Waals surface area contributed by atoms with Crippen LogP contribution in [0.2, 0.25) is 0 Å². The molecule has 3 rings (SSSR count). The number of aryl methyl sites for hydroxylation is 2. The van der Waals surface area contributed by atoms with Crippen molar-refractivity contribution in [2.24, 2.45) is 0 Å². The quantitative estimate of drug-likeness (QED) is 0.584. The monoisotopic (exact) mass is 376 g/mol. The Morgan fingerprint density at radius 2 is 1.00 bits per heavy atom. The van der Waals surface area contributed by atoms with E-state index in [1.54, 1.807) is 24.3 Å². The van der Waals surface area contributed by atoms with E-state index < -0.39 is 0 Å². The van der Waals surface area contributed by atoms with Crippen LogP contribution in [-0.4, -0.2) is 11.8 Å². The van der Waals surface area contributed by atoms with Gasteiger partial charge in [-0.1, -0.05) is 35.4 Å². The van der Waals surface area contributed by atoms with Gasteiger partial charge in [-0.3, -0.25) is 20.4 Å². The third kappa shape index (κ3) is 5.23. The number of hydrazine groups is 2. The number of allylic oxidation sites excluding steroid dienone is 4. The second kappa shape index (κ2) is 8.90. The highest BCUT2D eigenvalue weighted by Gasteiger charge is 2.10. The van der Waals surface area contributed by atoms with Crippen LogP contribution in [0, 0.1) is 13.8 Å². The Balaban J connectivity index is 1.47. The molecule has 0 spiro atoms. The molecule has 28 heavy (non-hydrogen) atoms. The molecule has 6 heteroatoms. The lowest BCUT2D eigenvalue weighted by Crippen LogP contribution is -2.39. The molecule has 2 amide bonds. The molecular weight excluding hydrogens is 352 g/mol. The van der Waals surface area contributed by atoms with E-state index in [2.05, 4.69) is 21.7 Å². The number of carbonyl (C=O) groups excluding carboxylic acids is 2. The molecule has 0 heterocycles. The molecule has 2 aromatic carbocycles. The van der Waals surface area contributed by atoms with Crippen molar-refractivity contribution in [2.45, 2.75) is 26.7 Å². The predicted molar refractivity (Wildman–Crippen MR) is 109 cm³/mol. The van der Waals surface area contributed by atoms with E-state index in [1.807, 2.05) is 50.3 Å². The summed E-state index contributed by atoms with van der Waals surface area (Å²) in [7, 11) is 0. The van der Waals surface area contributed by atoms with Crippen LogP contribution in [0.25, 0.3) is 0 Å². The Morgan fingerprint density at radius 3 is 1.32 bits per heavy atom. The van der Waals surface area contributed by atoms with Crippen LogP contribution in [-0.2, 0) is 0 Å². The molecule has 1 aliphatic rings. The molecule has 0 radical (unpaired) electrons. The highest BCUT2D eigenvalue weighted by atomic mass is 16.2. The lowest BCUT2D eigenvalue weighted by molar-refractivity contribution is 0.0928. The Labute approximate surface area is 164 Å². The minimum absolute atomic E-state index is 0.181. The van der Waals surface area contributed by atoms with Crippen molar-refractivity contribution in [1.29, 1.82) is 0 Å². The van der Waals surface area contributed by atoms with Gasteiger partial charge in [0, 0.05) is 22.5 Å². The fraction of sp³-hybridized carbons (Fsp3) is 0.182. The summed E-state index contributed by atoms with van der Waals surface area (Å²) in [5.41, 5.74) is 16.5. The summed E-state index contributed by atoms with van der Waals surface area (Å²) in [6, 6.07) is 14.8. The molecule has 0 unspecified atom stereocenters. The number of benzene rings is 2. The zero-order chi connectivity index (χ0) is 19.9. The molecule has 0 atom stereocenters. The van der Waals surface area contributed by atoms with Crippen LogP contribution in [0.3, 0.4) is 0 Å². The van der Waals surface area contributed by atoms with Crippen molar-refractivity contribution >= 4 is 11.8 Å². The topological polar surface area (TPSA) is 82.3 Å². The fourth-order valence-electron chi connectivity index (χ4n) is 2.67. The van der Waals surface area contributed by atoms with Gasteiger partial charge in [0.25, 0.3) is 11.8 Å². The fourth-order valence-corrected chi connectivity index (χ4v) is 2.67. The predicted octanol–water partition coefficient (Wildman–Crippen LogP) is 3.03. The first-order valence-electron chi connectivity index (χ1n) is 9.17. The summed E-state index contributed by atoms with van der Waals surface area (Å²) in [5, 5.41) is 0. The first-order valence-corrected chi connectivity index (χ1v) is 9.17. The SMILES string of the molecule is Cc1ccc(C(=O)NNC2=CC=C(NNC(=O)c3ccc(C)cc3)CC2)cc1. The Hall–Kier alpha value is -3.54. The van der Waals surface area contributed by atoms with Gasteiger partial charge in [-0.25, -0.2) is 0 Å². The van der Waals surface area contributed by atoms with Gasteiger partial charge in [0.1, 0.15) is 0 Å². The number of hydrogen-bond donors (Lipinski definition) is 4. The van der Waals surface area contributed by atoms with Gasteiger partial charge < -0.3 is 10.9 Å². The molecule has 0 aromatic heterocycles. The van der Waals surface area contributed by atoms with E-state index in [0.29, 0.717) is 24.0 Å². The maximum Gasteiger partial charge on any atom is 0.269 e. The minimum Gasteiger partial charge on any atom is -0.302 e. The van der Waals surface area contributed by atoms with Crippen molar-refractivity contribution in [3.05, 3.63) is 94.3 Å². The van der Waals surface area contributed by atoms with E-state index in [4.69, 9.17) is 0 Å². The van der Waals surface area contributed by atoms with Gasteiger partial charge >= 0.3 is 0 Å². The normalized spacial score (nSPS) is 13.1. The van der Waals surface area contributed by atoms with Gasteiger partial charge in [0.2, 0.25) is 0 Å². The van der Waals surface area contributed by atoms with E-state index in [-0.39, 0.29) is 11.8 Å². The minimum atomic E-state index is -0.181. The summed E-state index contributed by atoms with van der Waals surface area (Å²) in [5.74, 6) is -0.363. The van der Waals surface area contributed by atoms with Crippen LogP contribution < -0.4 is 21.7 Å². The zero-order valence-corrected chi connectivity index (χ0v) is 16.0. The van der Waals surface area contributed by atoms with Gasteiger partial charge in [-0.15, -0.1) is 0 Å². The van der Waals surface area contributed by atoms with Crippen molar-refractivity contribution in [1.82, 2.24) is 21.7 Å². The molecule has 1 aliphatic carbocycles. The Bertz CT molecular complexity index is 835. The third-order valence-electron chi connectivity index (χ3n) is 4.45. The van der Waals surface area contributed by atoms with Crippen molar-refractivity contribution < 1.29 is 9.59 Å². The Kier molecular flexibility index (Phi) is 6.11. The highest BCUT2D eigenvalue weighted by molar-refractivity contribution is 5.94. The number of nitrogens with one attached hydrogen (secondary N) is 4. The van der Waals surface area contributed by atoms with E-state index in [1.165, 1.54) is 0 Å². The van der Waals surface area contributed by atoms with E-state index >= 15 is 0 Å². The van der Waals surface area contributed by atoms with E-state index in [9.17, 15) is 9.59 Å². The van der Waals surface area contributed by atoms with Gasteiger partial charge in [-0.2, -0.15) is 0 Å².